The summed E-state index contributed by atoms with van der Waals surface area (Å²) in [5.41, 5.74) is 1.86. The normalized spacial score (nSPS) is 19.2. The van der Waals surface area contributed by atoms with Crippen LogP contribution < -0.4 is 10.1 Å². The molecule has 110 valence electrons. The molecule has 1 aromatic rings. The van der Waals surface area contributed by atoms with E-state index < -0.39 is 0 Å². The van der Waals surface area contributed by atoms with Gasteiger partial charge in [0.2, 0.25) is 0 Å². The topological polar surface area (TPSA) is 41.6 Å². The van der Waals surface area contributed by atoms with Crippen LogP contribution >= 0.6 is 0 Å². The van der Waals surface area contributed by atoms with Gasteiger partial charge in [0.15, 0.2) is 5.78 Å². The molecule has 0 radical (unpaired) electrons. The Labute approximate surface area is 121 Å². The highest BCUT2D eigenvalue weighted by molar-refractivity contribution is 5.94. The number of nitrogens with one attached hydrogen (secondary N) is 1. The predicted octanol–water partition coefficient (Wildman–Crippen LogP) is 2.08. The molecule has 1 aliphatic rings. The summed E-state index contributed by atoms with van der Waals surface area (Å²) < 4.78 is 5.68. The van der Waals surface area contributed by atoms with Crippen LogP contribution in [0.4, 0.5) is 0 Å². The van der Waals surface area contributed by atoms with Crippen molar-refractivity contribution >= 4 is 5.78 Å². The maximum absolute atomic E-state index is 11.5. The molecule has 4 nitrogen and oxygen atoms in total. The number of carbonyl (C=O) groups excluding carboxylic acids is 1. The van der Waals surface area contributed by atoms with Gasteiger partial charge in [0.1, 0.15) is 5.75 Å². The summed E-state index contributed by atoms with van der Waals surface area (Å²) in [5.74, 6) is 0.995. The van der Waals surface area contributed by atoms with Crippen molar-refractivity contribution in [2.24, 2.45) is 0 Å². The molecule has 1 N–H and O–H groups in total. The van der Waals surface area contributed by atoms with E-state index in [0.29, 0.717) is 12.6 Å². The first-order chi connectivity index (χ1) is 9.63. The molecule has 0 bridgehead atoms. The summed E-state index contributed by atoms with van der Waals surface area (Å²) in [4.78, 5) is 13.9. The van der Waals surface area contributed by atoms with Gasteiger partial charge >= 0.3 is 0 Å². The number of hydrogen-bond donors (Lipinski definition) is 1. The number of benzene rings is 1. The first-order valence-corrected chi connectivity index (χ1v) is 7.30. The molecule has 1 atom stereocenters. The molecule has 0 amide bonds. The monoisotopic (exact) mass is 276 g/mol. The summed E-state index contributed by atoms with van der Waals surface area (Å²) >= 11 is 0. The Hall–Kier alpha value is -1.39. The Balaban J connectivity index is 2.15. The second-order valence-corrected chi connectivity index (χ2v) is 5.32. The summed E-state index contributed by atoms with van der Waals surface area (Å²) in [5, 5.41) is 3.32. The third-order valence-electron chi connectivity index (χ3n) is 3.84. The van der Waals surface area contributed by atoms with Crippen molar-refractivity contribution < 1.29 is 9.53 Å². The van der Waals surface area contributed by atoms with Crippen LogP contribution in [0.1, 0.15) is 36.2 Å². The van der Waals surface area contributed by atoms with E-state index in [1.807, 2.05) is 32.2 Å². The van der Waals surface area contributed by atoms with Crippen molar-refractivity contribution in [1.29, 1.82) is 0 Å². The molecule has 0 spiro atoms. The van der Waals surface area contributed by atoms with Gasteiger partial charge in [0, 0.05) is 36.8 Å². The highest BCUT2D eigenvalue weighted by atomic mass is 16.5. The quantitative estimate of drug-likeness (QED) is 0.808. The minimum absolute atomic E-state index is 0.101. The number of likely N-dealkylation sites (tertiary alicyclic amines) is 1. The van der Waals surface area contributed by atoms with E-state index in [1.165, 1.54) is 6.42 Å². The Morgan fingerprint density at radius 1 is 1.50 bits per heavy atom. The molecule has 0 aliphatic carbocycles. The van der Waals surface area contributed by atoms with Crippen molar-refractivity contribution in [3.8, 4) is 5.75 Å². The highest BCUT2D eigenvalue weighted by Gasteiger charge is 2.22. The minimum Gasteiger partial charge on any atom is -0.494 e. The van der Waals surface area contributed by atoms with Crippen LogP contribution in [-0.4, -0.2) is 43.5 Å². The molecule has 1 aromatic carbocycles. The lowest BCUT2D eigenvalue weighted by atomic mass is 10.1. The Bertz CT molecular complexity index is 474. The van der Waals surface area contributed by atoms with Gasteiger partial charge in [-0.1, -0.05) is 0 Å². The number of ether oxygens (including phenoxy) is 1. The average Bonchev–Trinajstić information content (AvgIpc) is 2.88. The van der Waals surface area contributed by atoms with Crippen molar-refractivity contribution in [3.05, 3.63) is 29.3 Å². The molecular formula is C16H24N2O2. The number of carbonyl (C=O) groups is 1. The Morgan fingerprint density at radius 2 is 2.30 bits per heavy atom. The van der Waals surface area contributed by atoms with E-state index in [2.05, 4.69) is 10.2 Å². The predicted molar refractivity (Wildman–Crippen MR) is 80.4 cm³/mol. The van der Waals surface area contributed by atoms with Gasteiger partial charge in [-0.2, -0.15) is 0 Å². The smallest absolute Gasteiger partial charge is 0.159 e. The summed E-state index contributed by atoms with van der Waals surface area (Å²) in [7, 11) is 2.01. The molecule has 0 aromatic heterocycles. The maximum Gasteiger partial charge on any atom is 0.159 e. The lowest BCUT2D eigenvalue weighted by Crippen LogP contribution is -2.29. The van der Waals surface area contributed by atoms with E-state index in [0.717, 1.165) is 36.5 Å². The van der Waals surface area contributed by atoms with E-state index in [1.54, 1.807) is 6.92 Å². The van der Waals surface area contributed by atoms with Crippen LogP contribution in [0.5, 0.6) is 5.75 Å². The van der Waals surface area contributed by atoms with E-state index in [-0.39, 0.29) is 5.78 Å². The fourth-order valence-corrected chi connectivity index (χ4v) is 2.67. The number of likely N-dealkylation sites (N-methyl/N-ethyl adjacent to an activating group) is 1. The maximum atomic E-state index is 11.5. The first kappa shape index (κ1) is 15.0. The Morgan fingerprint density at radius 3 is 2.90 bits per heavy atom. The number of rotatable bonds is 6. The molecule has 1 fully saturated rings. The third kappa shape index (κ3) is 3.58. The van der Waals surface area contributed by atoms with Crippen LogP contribution in [0.25, 0.3) is 0 Å². The van der Waals surface area contributed by atoms with Gasteiger partial charge in [0.25, 0.3) is 0 Å². The van der Waals surface area contributed by atoms with E-state index in [9.17, 15) is 4.79 Å². The molecule has 1 saturated heterocycles. The second-order valence-electron chi connectivity index (χ2n) is 5.32. The van der Waals surface area contributed by atoms with E-state index >= 15 is 0 Å². The van der Waals surface area contributed by atoms with Gasteiger partial charge in [-0.25, -0.2) is 0 Å². The molecule has 2 rings (SSSR count). The van der Waals surface area contributed by atoms with Crippen molar-refractivity contribution in [3.63, 3.8) is 0 Å². The van der Waals surface area contributed by atoms with Gasteiger partial charge < -0.3 is 10.1 Å². The summed E-state index contributed by atoms with van der Waals surface area (Å²) in [6.07, 6.45) is 1.17. The number of ketones is 1. The van der Waals surface area contributed by atoms with Crippen molar-refractivity contribution in [1.82, 2.24) is 10.2 Å². The zero-order chi connectivity index (χ0) is 14.5. The van der Waals surface area contributed by atoms with E-state index in [4.69, 9.17) is 4.74 Å². The zero-order valence-electron chi connectivity index (χ0n) is 12.6. The number of nitrogens with zero attached hydrogens (tertiary/aromatic N) is 1. The number of hydrogen-bond acceptors (Lipinski definition) is 4. The SMILES string of the molecule is CCOc1ccc(C(C)=O)cc1CN1CCC(NC)C1. The van der Waals surface area contributed by atoms with Gasteiger partial charge in [-0.3, -0.25) is 9.69 Å². The van der Waals surface area contributed by atoms with Gasteiger partial charge in [-0.05, 0) is 45.5 Å². The van der Waals surface area contributed by atoms with Gasteiger partial charge in [0.05, 0.1) is 6.61 Å². The fraction of sp³-hybridized carbons (Fsp3) is 0.562. The lowest BCUT2D eigenvalue weighted by Gasteiger charge is -2.19. The number of Topliss-reactive ketones (excluding diaryl/α,β-unsaturated/α-hetero) is 1. The summed E-state index contributed by atoms with van der Waals surface area (Å²) in [6.45, 7) is 7.20. The molecule has 1 unspecified atom stereocenters. The lowest BCUT2D eigenvalue weighted by molar-refractivity contribution is 0.101. The molecule has 20 heavy (non-hydrogen) atoms. The molecule has 1 heterocycles. The Kier molecular flexibility index (Phi) is 5.15. The standard InChI is InChI=1S/C16H24N2O2/c1-4-20-16-6-5-13(12(2)19)9-14(16)10-18-8-7-15(11-18)17-3/h5-6,9,15,17H,4,7-8,10-11H2,1-3H3. The third-order valence-corrected chi connectivity index (χ3v) is 3.84. The van der Waals surface area contributed by atoms with Crippen molar-refractivity contribution in [2.75, 3.05) is 26.7 Å². The molecule has 0 saturated carbocycles. The summed E-state index contributed by atoms with van der Waals surface area (Å²) in [6, 6.07) is 6.31. The van der Waals surface area contributed by atoms with Crippen LogP contribution in [0, 0.1) is 0 Å². The van der Waals surface area contributed by atoms with Crippen LogP contribution in [0.2, 0.25) is 0 Å². The molecular weight excluding hydrogens is 252 g/mol. The van der Waals surface area contributed by atoms with Crippen LogP contribution in [0.3, 0.4) is 0 Å². The second kappa shape index (κ2) is 6.86. The minimum atomic E-state index is 0.101. The molecule has 4 heteroatoms. The van der Waals surface area contributed by atoms with Crippen LogP contribution in [-0.2, 0) is 6.54 Å². The molecule has 1 aliphatic heterocycles. The average molecular weight is 276 g/mol. The zero-order valence-corrected chi connectivity index (χ0v) is 12.6. The first-order valence-electron chi connectivity index (χ1n) is 7.30. The van der Waals surface area contributed by atoms with Gasteiger partial charge in [-0.15, -0.1) is 0 Å². The van der Waals surface area contributed by atoms with Crippen molar-refractivity contribution in [2.45, 2.75) is 32.9 Å². The fourth-order valence-electron chi connectivity index (χ4n) is 2.67. The highest BCUT2D eigenvalue weighted by Crippen LogP contribution is 2.24. The largest absolute Gasteiger partial charge is 0.494 e. The van der Waals surface area contributed by atoms with Crippen LogP contribution in [0.15, 0.2) is 18.2 Å².